The summed E-state index contributed by atoms with van der Waals surface area (Å²) in [6.45, 7) is 1.61. The van der Waals surface area contributed by atoms with Crippen molar-refractivity contribution in [2.45, 2.75) is 57.1 Å². The van der Waals surface area contributed by atoms with Crippen molar-refractivity contribution in [1.29, 1.82) is 0 Å². The molecule has 1 saturated carbocycles. The molecule has 0 radical (unpaired) electrons. The Bertz CT molecular complexity index is 1060. The third-order valence-electron chi connectivity index (χ3n) is 5.95. The molecule has 0 aliphatic heterocycles. The van der Waals surface area contributed by atoms with E-state index >= 15 is 0 Å². The van der Waals surface area contributed by atoms with Gasteiger partial charge in [0, 0.05) is 32.2 Å². The molecule has 11 nitrogen and oxygen atoms in total. The molecule has 3 N–H and O–H groups in total. The molecule has 3 rings (SSSR count). The number of hydrogen-bond donors (Lipinski definition) is 3. The number of hydrogen-bond acceptors (Lipinski definition) is 7. The molecule has 1 fully saturated rings. The zero-order valence-electron chi connectivity index (χ0n) is 18.9. The van der Waals surface area contributed by atoms with E-state index in [0.717, 1.165) is 24.0 Å². The Morgan fingerprint density at radius 2 is 1.97 bits per heavy atom. The second-order valence-corrected chi connectivity index (χ2v) is 12.9. The van der Waals surface area contributed by atoms with Crippen molar-refractivity contribution in [2.75, 3.05) is 31.6 Å². The van der Waals surface area contributed by atoms with Crippen molar-refractivity contribution in [3.8, 4) is 0 Å². The Morgan fingerprint density at radius 1 is 1.30 bits per heavy atom. The summed E-state index contributed by atoms with van der Waals surface area (Å²) in [6, 6.07) is 2.29. The third-order valence-corrected chi connectivity index (χ3v) is 9.59. The highest BCUT2D eigenvalue weighted by atomic mass is 35.5. The Hall–Kier alpha value is -1.03. The Balaban J connectivity index is 1.75. The average Bonchev–Trinajstić information content (AvgIpc) is 3.38. The summed E-state index contributed by atoms with van der Waals surface area (Å²) in [5, 5.41) is 4.78. The van der Waals surface area contributed by atoms with Gasteiger partial charge in [-0.15, -0.1) is 0 Å². The lowest BCUT2D eigenvalue weighted by Crippen LogP contribution is -2.29. The summed E-state index contributed by atoms with van der Waals surface area (Å²) < 4.78 is 34.9. The van der Waals surface area contributed by atoms with Crippen LogP contribution in [0.1, 0.15) is 50.8 Å². The molecular formula is C19H31ClN4O7P2. The van der Waals surface area contributed by atoms with E-state index in [1.165, 1.54) is 20.0 Å². The lowest BCUT2D eigenvalue weighted by atomic mass is 10.0. The number of aromatic nitrogens is 3. The fourth-order valence-electron chi connectivity index (χ4n) is 4.26. The Labute approximate surface area is 197 Å². The number of halogens is 1. The maximum absolute atomic E-state index is 11.9. The summed E-state index contributed by atoms with van der Waals surface area (Å²) in [6.07, 6.45) is 6.20. The van der Waals surface area contributed by atoms with Gasteiger partial charge in [0.2, 0.25) is 0 Å². The molecule has 3 atom stereocenters. The van der Waals surface area contributed by atoms with Crippen molar-refractivity contribution in [2.24, 2.45) is 0 Å². The molecule has 0 aromatic carbocycles. The molecule has 1 aliphatic rings. The SMILES string of the molecule is CO[C@H](COP(=O)(O)CP(=O)(O)O)CC(C)c1ncc2c(N(C)C3CCCC3)cc(Cl)nn12. The van der Waals surface area contributed by atoms with Gasteiger partial charge in [-0.1, -0.05) is 31.4 Å². The first-order valence-electron chi connectivity index (χ1n) is 10.7. The number of rotatable bonds is 11. The number of fused-ring (bicyclic) bond motifs is 1. The van der Waals surface area contributed by atoms with Gasteiger partial charge in [-0.2, -0.15) is 5.10 Å². The van der Waals surface area contributed by atoms with Gasteiger partial charge >= 0.3 is 15.2 Å². The summed E-state index contributed by atoms with van der Waals surface area (Å²) >= 11 is 6.34. The summed E-state index contributed by atoms with van der Waals surface area (Å²) in [4.78, 5) is 34.4. The molecule has 2 heterocycles. The minimum Gasteiger partial charge on any atom is -0.379 e. The fraction of sp³-hybridized carbons (Fsp3) is 0.684. The lowest BCUT2D eigenvalue weighted by molar-refractivity contribution is 0.0437. The van der Waals surface area contributed by atoms with E-state index < -0.39 is 27.2 Å². The van der Waals surface area contributed by atoms with Crippen molar-refractivity contribution < 1.29 is 33.1 Å². The van der Waals surface area contributed by atoms with Crippen LogP contribution in [-0.2, 0) is 18.4 Å². The predicted octanol–water partition coefficient (Wildman–Crippen LogP) is 3.61. The summed E-state index contributed by atoms with van der Waals surface area (Å²) in [7, 11) is -5.66. The van der Waals surface area contributed by atoms with Gasteiger partial charge in [0.1, 0.15) is 11.3 Å². The van der Waals surface area contributed by atoms with Gasteiger partial charge in [0.15, 0.2) is 11.1 Å². The zero-order valence-corrected chi connectivity index (χ0v) is 21.4. The highest BCUT2D eigenvalue weighted by Gasteiger charge is 2.32. The maximum Gasteiger partial charge on any atom is 0.340 e. The second-order valence-electron chi connectivity index (χ2n) is 8.55. The first-order chi connectivity index (χ1) is 15.4. The van der Waals surface area contributed by atoms with E-state index in [0.29, 0.717) is 23.4 Å². The van der Waals surface area contributed by atoms with Crippen molar-refractivity contribution in [3.63, 3.8) is 0 Å². The standard InChI is InChI=1S/C19H31ClN4O7P2/c1-13(8-15(30-3)11-31-33(28,29)12-32(25,26)27)19-21-10-17-16(9-18(20)22-24(17)19)23(2)14-6-4-5-7-14/h9-10,13-15H,4-8,11-12H2,1-3H3,(H,28,29)(H2,25,26,27)/t13?,15-/m0/s1. The largest absolute Gasteiger partial charge is 0.379 e. The van der Waals surface area contributed by atoms with E-state index in [2.05, 4.69) is 22.0 Å². The van der Waals surface area contributed by atoms with E-state index in [1.807, 2.05) is 13.0 Å². The van der Waals surface area contributed by atoms with Crippen molar-refractivity contribution >= 4 is 38.0 Å². The van der Waals surface area contributed by atoms with E-state index in [4.69, 9.17) is 30.6 Å². The summed E-state index contributed by atoms with van der Waals surface area (Å²) in [5.74, 6) is -0.772. The number of anilines is 1. The number of nitrogens with zero attached hydrogens (tertiary/aromatic N) is 4. The molecule has 2 aromatic rings. The monoisotopic (exact) mass is 524 g/mol. The van der Waals surface area contributed by atoms with Crippen LogP contribution in [0.2, 0.25) is 5.15 Å². The van der Waals surface area contributed by atoms with Crippen molar-refractivity contribution in [1.82, 2.24) is 14.6 Å². The van der Waals surface area contributed by atoms with Gasteiger partial charge in [-0.05, 0) is 19.3 Å². The smallest absolute Gasteiger partial charge is 0.340 e. The molecule has 0 bridgehead atoms. The second kappa shape index (κ2) is 10.7. The molecule has 0 saturated heterocycles. The van der Waals surface area contributed by atoms with Crippen LogP contribution in [0, 0.1) is 0 Å². The van der Waals surface area contributed by atoms with Gasteiger partial charge in [0.25, 0.3) is 0 Å². The minimum atomic E-state index is -4.69. The summed E-state index contributed by atoms with van der Waals surface area (Å²) in [5.41, 5.74) is 1.79. The Kier molecular flexibility index (Phi) is 8.62. The van der Waals surface area contributed by atoms with Gasteiger partial charge in [0.05, 0.1) is 24.6 Å². The molecule has 2 aromatic heterocycles. The molecular weight excluding hydrogens is 494 g/mol. The number of methoxy groups -OCH3 is 1. The molecule has 0 spiro atoms. The van der Waals surface area contributed by atoms with Crippen LogP contribution in [-0.4, -0.2) is 68.1 Å². The fourth-order valence-corrected chi connectivity index (χ4v) is 7.03. The van der Waals surface area contributed by atoms with E-state index in [1.54, 1.807) is 10.7 Å². The van der Waals surface area contributed by atoms with Crippen LogP contribution in [0.5, 0.6) is 0 Å². The van der Waals surface area contributed by atoms with Crippen LogP contribution in [0.3, 0.4) is 0 Å². The molecule has 0 amide bonds. The molecule has 1 aliphatic carbocycles. The number of imidazole rings is 1. The van der Waals surface area contributed by atoms with Gasteiger partial charge in [-0.25, -0.2) is 9.50 Å². The van der Waals surface area contributed by atoms with E-state index in [-0.39, 0.29) is 12.5 Å². The van der Waals surface area contributed by atoms with Crippen LogP contribution < -0.4 is 4.90 Å². The molecule has 2 unspecified atom stereocenters. The average molecular weight is 525 g/mol. The topological polar surface area (TPSA) is 147 Å². The number of ether oxygens (including phenoxy) is 1. The van der Waals surface area contributed by atoms with Crippen LogP contribution in [0.25, 0.3) is 5.52 Å². The highest BCUT2D eigenvalue weighted by Crippen LogP contribution is 2.55. The van der Waals surface area contributed by atoms with E-state index in [9.17, 15) is 14.0 Å². The van der Waals surface area contributed by atoms with Crippen LogP contribution >= 0.6 is 26.8 Å². The first kappa shape index (κ1) is 26.6. The Morgan fingerprint density at radius 3 is 2.58 bits per heavy atom. The van der Waals surface area contributed by atoms with Crippen LogP contribution in [0.15, 0.2) is 12.3 Å². The molecule has 186 valence electrons. The lowest BCUT2D eigenvalue weighted by Gasteiger charge is -2.27. The highest BCUT2D eigenvalue weighted by molar-refractivity contribution is 7.70. The van der Waals surface area contributed by atoms with Gasteiger partial charge in [-0.3, -0.25) is 9.13 Å². The molecule has 33 heavy (non-hydrogen) atoms. The quantitative estimate of drug-likeness (QED) is 0.372. The normalized spacial score (nSPS) is 19.0. The molecule has 14 heteroatoms. The van der Waals surface area contributed by atoms with Crippen LogP contribution in [0.4, 0.5) is 5.69 Å². The maximum atomic E-state index is 11.9. The van der Waals surface area contributed by atoms with Gasteiger partial charge < -0.3 is 28.8 Å². The predicted molar refractivity (Wildman–Crippen MR) is 125 cm³/mol. The first-order valence-corrected chi connectivity index (χ1v) is 14.6. The zero-order chi connectivity index (χ0) is 24.4. The van der Waals surface area contributed by atoms with Crippen molar-refractivity contribution in [3.05, 3.63) is 23.2 Å². The minimum absolute atomic E-state index is 0.184. The third kappa shape index (κ3) is 6.99.